The van der Waals surface area contributed by atoms with Crippen molar-refractivity contribution in [2.75, 3.05) is 12.9 Å². The molecular formula is C35H36ClIN3O2PSSi. The van der Waals surface area contributed by atoms with E-state index in [0.29, 0.717) is 23.2 Å². The number of ether oxygens (including phenoxy) is 1. The first kappa shape index (κ1) is 33.9. The predicted molar refractivity (Wildman–Crippen MR) is 191 cm³/mol. The second-order valence-electron chi connectivity index (χ2n) is 11.9. The van der Waals surface area contributed by atoms with Crippen LogP contribution in [-0.4, -0.2) is 35.5 Å². The summed E-state index contributed by atoms with van der Waals surface area (Å²) in [6.07, 6.45) is 5.79. The Morgan fingerprint density at radius 1 is 0.867 bits per heavy atom. The van der Waals surface area contributed by atoms with Crippen LogP contribution in [0.25, 0.3) is 22.5 Å². The van der Waals surface area contributed by atoms with E-state index in [9.17, 15) is 0 Å². The molecule has 0 aliphatic carbocycles. The lowest BCUT2D eigenvalue weighted by atomic mass is 10.2. The first-order valence-electron chi connectivity index (χ1n) is 14.7. The molecule has 0 saturated carbocycles. The summed E-state index contributed by atoms with van der Waals surface area (Å²) in [5.74, 6) is 0.468. The Bertz CT molecular complexity index is 1770. The molecule has 0 N–H and O–H groups in total. The molecule has 0 saturated heterocycles. The highest BCUT2D eigenvalue weighted by Crippen LogP contribution is 2.56. The number of pyridine rings is 1. The highest BCUT2D eigenvalue weighted by Gasteiger charge is 2.52. The third-order valence-electron chi connectivity index (χ3n) is 7.69. The number of fused-ring (bicyclic) bond motifs is 1. The molecule has 5 nitrogen and oxygen atoms in total. The van der Waals surface area contributed by atoms with Crippen molar-refractivity contribution in [2.45, 2.75) is 37.5 Å². The summed E-state index contributed by atoms with van der Waals surface area (Å²) in [6, 6.07) is 35.1. The van der Waals surface area contributed by atoms with Crippen LogP contribution in [0.3, 0.4) is 0 Å². The van der Waals surface area contributed by atoms with E-state index in [0.717, 1.165) is 34.2 Å². The Morgan fingerprint density at radius 2 is 1.42 bits per heavy atom. The van der Waals surface area contributed by atoms with Crippen molar-refractivity contribution in [3.8, 4) is 11.5 Å². The highest BCUT2D eigenvalue weighted by atomic mass is 127. The lowest BCUT2D eigenvalue weighted by molar-refractivity contribution is -0.0000105. The van der Waals surface area contributed by atoms with E-state index in [1.54, 1.807) is 18.0 Å². The van der Waals surface area contributed by atoms with Gasteiger partial charge in [0.15, 0.2) is 7.26 Å². The first-order chi connectivity index (χ1) is 21.3. The van der Waals surface area contributed by atoms with Gasteiger partial charge in [-0.2, -0.15) is 4.98 Å². The Labute approximate surface area is 293 Å². The average molecular weight is 784 g/mol. The van der Waals surface area contributed by atoms with Gasteiger partial charge >= 0.3 is 0 Å². The Hall–Kier alpha value is -2.46. The third-order valence-corrected chi connectivity index (χ3v) is 14.8. The lowest BCUT2D eigenvalue weighted by Gasteiger charge is -2.25. The first-order valence-corrected chi connectivity index (χ1v) is 21.8. The standard InChI is InChI=1S/C35H36ClN3O2PSSi.HI/c1-43-35-34(42(26-14-8-5-9-15-26,27-16-10-6-11-17-27)28-18-12-7-13-19-28)38-33(41-35)30-24-37-32-29(31(30)36)20-21-39(32)25-40-22-23-44(2,3)4;/h5-21,24H,22-23,25H2,1-4H3;1H/q+1;/p-1. The molecule has 0 aliphatic heterocycles. The van der Waals surface area contributed by atoms with Crippen molar-refractivity contribution in [3.05, 3.63) is 114 Å². The molecule has 0 aliphatic rings. The van der Waals surface area contributed by atoms with E-state index < -0.39 is 15.3 Å². The summed E-state index contributed by atoms with van der Waals surface area (Å²) >= 11 is 8.66. The second-order valence-corrected chi connectivity index (χ2v) is 22.0. The molecule has 0 fully saturated rings. The number of aromatic nitrogens is 3. The van der Waals surface area contributed by atoms with E-state index in [2.05, 4.69) is 111 Å². The molecule has 0 atom stereocenters. The van der Waals surface area contributed by atoms with E-state index >= 15 is 0 Å². The molecule has 232 valence electrons. The Kier molecular flexibility index (Phi) is 10.9. The molecule has 10 heteroatoms. The quantitative estimate of drug-likeness (QED) is 0.0610. The zero-order valence-corrected chi connectivity index (χ0v) is 31.4. The van der Waals surface area contributed by atoms with Gasteiger partial charge in [-0.3, -0.25) is 0 Å². The summed E-state index contributed by atoms with van der Waals surface area (Å²) < 4.78 is 14.6. The van der Waals surface area contributed by atoms with Gasteiger partial charge in [0.25, 0.3) is 5.44 Å². The average Bonchev–Trinajstić information content (AvgIpc) is 3.66. The number of hydrogen-bond acceptors (Lipinski definition) is 5. The zero-order valence-electron chi connectivity index (χ0n) is 25.8. The maximum Gasteiger partial charge on any atom is 0.251 e. The molecule has 3 heterocycles. The van der Waals surface area contributed by atoms with Gasteiger partial charge in [0.05, 0.1) is 10.6 Å². The van der Waals surface area contributed by atoms with Crippen molar-refractivity contribution in [1.82, 2.24) is 14.5 Å². The van der Waals surface area contributed by atoms with E-state index in [4.69, 9.17) is 30.7 Å². The Balaban J connectivity index is 0.00000400. The van der Waals surface area contributed by atoms with Crippen LogP contribution in [0.2, 0.25) is 30.7 Å². The van der Waals surface area contributed by atoms with Crippen LogP contribution < -0.4 is 45.3 Å². The van der Waals surface area contributed by atoms with Crippen LogP contribution in [-0.2, 0) is 11.5 Å². The molecule has 0 unspecified atom stereocenters. The van der Waals surface area contributed by atoms with Gasteiger partial charge in [0, 0.05) is 32.5 Å². The fourth-order valence-corrected chi connectivity index (χ4v) is 11.6. The molecule has 0 amide bonds. The number of oxazole rings is 1. The Morgan fingerprint density at radius 3 is 1.93 bits per heavy atom. The monoisotopic (exact) mass is 783 g/mol. The van der Waals surface area contributed by atoms with Crippen LogP contribution in [0.5, 0.6) is 0 Å². The van der Waals surface area contributed by atoms with Crippen molar-refractivity contribution in [3.63, 3.8) is 0 Å². The number of thioether (sulfide) groups is 1. The molecule has 45 heavy (non-hydrogen) atoms. The van der Waals surface area contributed by atoms with Crippen LogP contribution in [0.1, 0.15) is 0 Å². The van der Waals surface area contributed by atoms with Gasteiger partial charge in [-0.15, -0.1) is 0 Å². The molecule has 0 radical (unpaired) electrons. The largest absolute Gasteiger partial charge is 1.00 e. The maximum absolute atomic E-state index is 7.09. The van der Waals surface area contributed by atoms with Gasteiger partial charge < -0.3 is 37.7 Å². The summed E-state index contributed by atoms with van der Waals surface area (Å²) in [6.45, 7) is 8.24. The predicted octanol–water partition coefficient (Wildman–Crippen LogP) is 5.00. The van der Waals surface area contributed by atoms with Crippen LogP contribution >= 0.6 is 30.6 Å². The maximum atomic E-state index is 7.09. The topological polar surface area (TPSA) is 53.1 Å². The SMILES string of the molecule is CSc1oc(-c2cnc3c(ccn3COCC[Si](C)(C)C)c2Cl)nc1[P+](c1ccccc1)(c1ccccc1)c1ccccc1.[I-]. The molecule has 6 rings (SSSR count). The highest BCUT2D eigenvalue weighted by molar-refractivity contribution is 8.04. The number of hydrogen-bond donors (Lipinski definition) is 0. The van der Waals surface area contributed by atoms with E-state index in [1.165, 1.54) is 15.9 Å². The van der Waals surface area contributed by atoms with Gasteiger partial charge in [-0.05, 0) is 54.8 Å². The molecule has 0 spiro atoms. The summed E-state index contributed by atoms with van der Waals surface area (Å²) in [4.78, 5) is 10.1. The zero-order chi connectivity index (χ0) is 30.7. The van der Waals surface area contributed by atoms with Gasteiger partial charge in [0.1, 0.15) is 28.3 Å². The lowest BCUT2D eigenvalue weighted by Crippen LogP contribution is -3.00. The van der Waals surface area contributed by atoms with Crippen LogP contribution in [0, 0.1) is 0 Å². The van der Waals surface area contributed by atoms with Gasteiger partial charge in [0.2, 0.25) is 11.0 Å². The summed E-state index contributed by atoms with van der Waals surface area (Å²) in [5.41, 5.74) is 2.38. The van der Waals surface area contributed by atoms with Crippen molar-refractivity contribution >= 4 is 71.1 Å². The number of halogens is 2. The molecule has 0 bridgehead atoms. The number of benzene rings is 3. The van der Waals surface area contributed by atoms with Crippen LogP contribution in [0.15, 0.2) is 119 Å². The summed E-state index contributed by atoms with van der Waals surface area (Å²) in [7, 11) is -3.61. The summed E-state index contributed by atoms with van der Waals surface area (Å²) in [5, 5.41) is 5.81. The number of nitrogens with zero attached hydrogens (tertiary/aromatic N) is 3. The normalized spacial score (nSPS) is 11.9. The van der Waals surface area contributed by atoms with E-state index in [1.807, 2.05) is 23.1 Å². The molecule has 3 aromatic heterocycles. The minimum atomic E-state index is -2.45. The van der Waals surface area contributed by atoms with Gasteiger partial charge in [-0.1, -0.05) is 97.6 Å². The van der Waals surface area contributed by atoms with Crippen molar-refractivity contribution in [2.24, 2.45) is 0 Å². The van der Waals surface area contributed by atoms with E-state index in [-0.39, 0.29) is 24.0 Å². The number of rotatable bonds is 11. The van der Waals surface area contributed by atoms with Crippen LogP contribution in [0.4, 0.5) is 0 Å². The smallest absolute Gasteiger partial charge is 0.251 e. The fraction of sp³-hybridized carbons (Fsp3) is 0.200. The molecule has 6 aromatic rings. The fourth-order valence-electron chi connectivity index (χ4n) is 5.43. The minimum Gasteiger partial charge on any atom is -1.00 e. The van der Waals surface area contributed by atoms with Crippen molar-refractivity contribution in [1.29, 1.82) is 0 Å². The van der Waals surface area contributed by atoms with Gasteiger partial charge in [-0.25, -0.2) is 4.98 Å². The minimum absolute atomic E-state index is 0. The molecular weight excluding hydrogens is 748 g/mol. The molecule has 3 aromatic carbocycles. The third kappa shape index (κ3) is 6.82. The second kappa shape index (κ2) is 14.5. The van der Waals surface area contributed by atoms with Crippen molar-refractivity contribution < 1.29 is 33.1 Å².